The molecule has 0 aromatic rings. The minimum atomic E-state index is -0.145. The first-order valence-electron chi connectivity index (χ1n) is 6.58. The topological polar surface area (TPSA) is 61.4 Å². The van der Waals surface area contributed by atoms with Crippen LogP contribution in [0.4, 0.5) is 4.79 Å². The van der Waals surface area contributed by atoms with Crippen LogP contribution >= 0.6 is 0 Å². The van der Waals surface area contributed by atoms with Gasteiger partial charge in [-0.1, -0.05) is 27.2 Å². The monoisotopic (exact) mass is 244 g/mol. The van der Waals surface area contributed by atoms with E-state index >= 15 is 0 Å². The summed E-state index contributed by atoms with van der Waals surface area (Å²) in [4.78, 5) is 11.7. The van der Waals surface area contributed by atoms with Gasteiger partial charge in [-0.15, -0.1) is 0 Å². The van der Waals surface area contributed by atoms with Crippen molar-refractivity contribution in [2.24, 2.45) is 11.8 Å². The molecule has 3 N–H and O–H groups in total. The Labute approximate surface area is 105 Å². The smallest absolute Gasteiger partial charge is 0.315 e. The molecule has 0 aromatic heterocycles. The van der Waals surface area contributed by atoms with Crippen LogP contribution < -0.4 is 10.6 Å². The van der Waals surface area contributed by atoms with E-state index in [2.05, 4.69) is 24.5 Å². The van der Waals surface area contributed by atoms with E-state index in [1.807, 2.05) is 20.8 Å². The van der Waals surface area contributed by atoms with Gasteiger partial charge in [0.2, 0.25) is 0 Å². The highest BCUT2D eigenvalue weighted by Gasteiger charge is 2.15. The molecular weight excluding hydrogens is 216 g/mol. The van der Waals surface area contributed by atoms with Gasteiger partial charge in [0.1, 0.15) is 0 Å². The molecule has 0 spiro atoms. The fourth-order valence-electron chi connectivity index (χ4n) is 1.60. The number of nitrogens with one attached hydrogen (secondary N) is 2. The van der Waals surface area contributed by atoms with Crippen LogP contribution in [0.2, 0.25) is 0 Å². The van der Waals surface area contributed by atoms with E-state index in [4.69, 9.17) is 5.11 Å². The Kier molecular flexibility index (Phi) is 7.96. The number of hydrogen-bond donors (Lipinski definition) is 3. The summed E-state index contributed by atoms with van der Waals surface area (Å²) in [5.74, 6) is 0.699. The van der Waals surface area contributed by atoms with Gasteiger partial charge in [0.05, 0.1) is 0 Å². The first kappa shape index (κ1) is 16.2. The van der Waals surface area contributed by atoms with Crippen molar-refractivity contribution in [1.82, 2.24) is 10.6 Å². The van der Waals surface area contributed by atoms with Crippen LogP contribution in [0.15, 0.2) is 0 Å². The quantitative estimate of drug-likeness (QED) is 0.642. The molecule has 0 bridgehead atoms. The van der Waals surface area contributed by atoms with Gasteiger partial charge in [-0.25, -0.2) is 4.79 Å². The van der Waals surface area contributed by atoms with Gasteiger partial charge in [0.15, 0.2) is 0 Å². The van der Waals surface area contributed by atoms with Gasteiger partial charge >= 0.3 is 6.03 Å². The number of aliphatic hydroxyl groups excluding tert-OH is 1. The average molecular weight is 244 g/mol. The predicted octanol–water partition coefficient (Wildman–Crippen LogP) is 2.13. The Balaban J connectivity index is 3.92. The molecule has 0 rings (SSSR count). The molecule has 0 aliphatic heterocycles. The second-order valence-corrected chi connectivity index (χ2v) is 5.22. The van der Waals surface area contributed by atoms with Gasteiger partial charge in [-0.2, -0.15) is 0 Å². The molecule has 0 saturated carbocycles. The summed E-state index contributed by atoms with van der Waals surface area (Å²) in [6, 6.07) is 0.0194. The van der Waals surface area contributed by atoms with Crippen molar-refractivity contribution in [2.45, 2.75) is 59.5 Å². The summed E-state index contributed by atoms with van der Waals surface area (Å²) in [5.41, 5.74) is 0. The van der Waals surface area contributed by atoms with E-state index in [9.17, 15) is 4.79 Å². The number of hydrogen-bond acceptors (Lipinski definition) is 2. The van der Waals surface area contributed by atoms with Crippen molar-refractivity contribution in [3.8, 4) is 0 Å². The van der Waals surface area contributed by atoms with E-state index < -0.39 is 0 Å². The normalized spacial score (nSPS) is 18.0. The molecule has 4 heteroatoms. The fraction of sp³-hybridized carbons (Fsp3) is 0.923. The summed E-state index contributed by atoms with van der Waals surface area (Å²) < 4.78 is 0. The fourth-order valence-corrected chi connectivity index (χ4v) is 1.60. The highest BCUT2D eigenvalue weighted by molar-refractivity contribution is 5.74. The highest BCUT2D eigenvalue weighted by Crippen LogP contribution is 2.09. The van der Waals surface area contributed by atoms with Crippen LogP contribution in [0.25, 0.3) is 0 Å². The lowest BCUT2D eigenvalue weighted by Gasteiger charge is -2.22. The molecule has 0 saturated heterocycles. The summed E-state index contributed by atoms with van der Waals surface area (Å²) in [6.07, 6.45) is 2.12. The lowest BCUT2D eigenvalue weighted by Crippen LogP contribution is -2.47. The molecule has 0 aliphatic carbocycles. The first-order valence-corrected chi connectivity index (χ1v) is 6.58. The summed E-state index contributed by atoms with van der Waals surface area (Å²) in [5, 5.41) is 14.7. The molecule has 102 valence electrons. The number of aliphatic hydroxyl groups is 1. The zero-order chi connectivity index (χ0) is 13.4. The van der Waals surface area contributed by atoms with Gasteiger partial charge in [0, 0.05) is 18.7 Å². The molecule has 2 amide bonds. The zero-order valence-electron chi connectivity index (χ0n) is 11.8. The molecule has 0 radical (unpaired) electrons. The molecule has 17 heavy (non-hydrogen) atoms. The van der Waals surface area contributed by atoms with Crippen LogP contribution in [0, 0.1) is 11.8 Å². The summed E-state index contributed by atoms with van der Waals surface area (Å²) >= 11 is 0. The molecule has 4 atom stereocenters. The number of urea groups is 1. The van der Waals surface area contributed by atoms with Crippen LogP contribution in [0.3, 0.4) is 0 Å². The van der Waals surface area contributed by atoms with Crippen LogP contribution in [0.1, 0.15) is 47.5 Å². The molecule has 0 fully saturated rings. The van der Waals surface area contributed by atoms with Crippen LogP contribution in [-0.4, -0.2) is 29.8 Å². The standard InChI is InChI=1S/C13H28N2O2/c1-6-9(2)7-11(4)14-13(17)15-12(5)10(3)8-16/h9-12,16H,6-8H2,1-5H3,(H2,14,15,17). The van der Waals surface area contributed by atoms with Crippen LogP contribution in [0.5, 0.6) is 0 Å². The predicted molar refractivity (Wildman–Crippen MR) is 70.9 cm³/mol. The molecule has 4 nitrogen and oxygen atoms in total. The van der Waals surface area contributed by atoms with E-state index in [0.29, 0.717) is 5.92 Å². The largest absolute Gasteiger partial charge is 0.396 e. The second-order valence-electron chi connectivity index (χ2n) is 5.22. The molecule has 4 unspecified atom stereocenters. The van der Waals surface area contributed by atoms with Crippen molar-refractivity contribution in [2.75, 3.05) is 6.61 Å². The maximum atomic E-state index is 11.7. The lowest BCUT2D eigenvalue weighted by atomic mass is 10.0. The van der Waals surface area contributed by atoms with Crippen LogP contribution in [-0.2, 0) is 0 Å². The summed E-state index contributed by atoms with van der Waals surface area (Å²) in [6.45, 7) is 10.3. The molecule has 0 aromatic carbocycles. The maximum Gasteiger partial charge on any atom is 0.315 e. The molecule has 0 aliphatic rings. The van der Waals surface area contributed by atoms with Gasteiger partial charge in [-0.05, 0) is 32.1 Å². The SMILES string of the molecule is CCC(C)CC(C)NC(=O)NC(C)C(C)CO. The van der Waals surface area contributed by atoms with E-state index in [0.717, 1.165) is 12.8 Å². The van der Waals surface area contributed by atoms with Crippen molar-refractivity contribution in [1.29, 1.82) is 0 Å². The molecular formula is C13H28N2O2. The Morgan fingerprint density at radius 1 is 1.18 bits per heavy atom. The third-order valence-electron chi connectivity index (χ3n) is 3.33. The zero-order valence-corrected chi connectivity index (χ0v) is 11.8. The Morgan fingerprint density at radius 2 is 1.76 bits per heavy atom. The number of amides is 2. The minimum Gasteiger partial charge on any atom is -0.396 e. The first-order chi connectivity index (χ1) is 7.90. The van der Waals surface area contributed by atoms with Gasteiger partial charge in [-0.3, -0.25) is 0 Å². The highest BCUT2D eigenvalue weighted by atomic mass is 16.3. The van der Waals surface area contributed by atoms with Crippen molar-refractivity contribution in [3.05, 3.63) is 0 Å². The minimum absolute atomic E-state index is 0.0178. The average Bonchev–Trinajstić information content (AvgIpc) is 2.26. The van der Waals surface area contributed by atoms with Crippen molar-refractivity contribution in [3.63, 3.8) is 0 Å². The number of carbonyl (C=O) groups excluding carboxylic acids is 1. The third kappa shape index (κ3) is 7.21. The maximum absolute atomic E-state index is 11.7. The summed E-state index contributed by atoms with van der Waals surface area (Å²) in [7, 11) is 0. The van der Waals surface area contributed by atoms with E-state index in [-0.39, 0.29) is 30.6 Å². The Bertz CT molecular complexity index is 221. The van der Waals surface area contributed by atoms with E-state index in [1.165, 1.54) is 0 Å². The number of rotatable bonds is 7. The van der Waals surface area contributed by atoms with Crippen molar-refractivity contribution < 1.29 is 9.90 Å². The number of carbonyl (C=O) groups is 1. The Hall–Kier alpha value is -0.770. The molecule has 0 heterocycles. The second kappa shape index (κ2) is 8.34. The van der Waals surface area contributed by atoms with E-state index in [1.54, 1.807) is 0 Å². The van der Waals surface area contributed by atoms with Crippen molar-refractivity contribution >= 4 is 6.03 Å². The van der Waals surface area contributed by atoms with Gasteiger partial charge in [0.25, 0.3) is 0 Å². The lowest BCUT2D eigenvalue weighted by molar-refractivity contribution is 0.198. The van der Waals surface area contributed by atoms with Gasteiger partial charge < -0.3 is 15.7 Å². The Morgan fingerprint density at radius 3 is 2.24 bits per heavy atom. The third-order valence-corrected chi connectivity index (χ3v) is 3.33.